The van der Waals surface area contributed by atoms with Crippen LogP contribution in [-0.2, 0) is 4.74 Å². The second-order valence-electron chi connectivity index (χ2n) is 4.19. The molecule has 2 aromatic rings. The summed E-state index contributed by atoms with van der Waals surface area (Å²) in [4.78, 5) is 0. The Morgan fingerprint density at radius 1 is 1.06 bits per heavy atom. The van der Waals surface area contributed by atoms with Gasteiger partial charge in [0, 0.05) is 25.5 Å². The first-order valence-corrected chi connectivity index (χ1v) is 5.94. The Morgan fingerprint density at radius 3 is 2.65 bits per heavy atom. The van der Waals surface area contributed by atoms with E-state index in [1.807, 2.05) is 24.3 Å². The molecule has 0 radical (unpaired) electrons. The van der Waals surface area contributed by atoms with Crippen LogP contribution >= 0.6 is 0 Å². The maximum atomic E-state index is 5.95. The molecule has 2 nitrogen and oxygen atoms in total. The lowest BCUT2D eigenvalue weighted by molar-refractivity contribution is 0.136. The molecular weight excluding hydrogens is 212 g/mol. The third-order valence-electron chi connectivity index (χ3n) is 2.81. The van der Waals surface area contributed by atoms with Crippen LogP contribution in [0.25, 0.3) is 10.8 Å². The van der Waals surface area contributed by atoms with Gasteiger partial charge in [-0.25, -0.2) is 0 Å². The molecule has 1 atom stereocenters. The lowest BCUT2D eigenvalue weighted by atomic mass is 10.1. The number of benzene rings is 2. The molecule has 2 aromatic carbocycles. The molecule has 0 bridgehead atoms. The van der Waals surface area contributed by atoms with Crippen molar-refractivity contribution in [1.29, 1.82) is 0 Å². The molecule has 0 aliphatic carbocycles. The van der Waals surface area contributed by atoms with Crippen molar-refractivity contribution < 1.29 is 9.47 Å². The van der Waals surface area contributed by atoms with Crippen LogP contribution in [0.2, 0.25) is 0 Å². The molecule has 0 aromatic heterocycles. The predicted molar refractivity (Wildman–Crippen MR) is 70.5 cm³/mol. The van der Waals surface area contributed by atoms with Gasteiger partial charge in [0.15, 0.2) is 0 Å². The highest BCUT2D eigenvalue weighted by Crippen LogP contribution is 2.26. The van der Waals surface area contributed by atoms with E-state index in [1.54, 1.807) is 7.11 Å². The number of ether oxygens (including phenoxy) is 2. The zero-order valence-corrected chi connectivity index (χ0v) is 10.3. The summed E-state index contributed by atoms with van der Waals surface area (Å²) in [5.74, 6) is 0.951. The second kappa shape index (κ2) is 5.69. The molecule has 1 unspecified atom stereocenters. The maximum Gasteiger partial charge on any atom is 0.127 e. The van der Waals surface area contributed by atoms with Crippen LogP contribution in [0.4, 0.5) is 0 Å². The first-order chi connectivity index (χ1) is 8.31. The van der Waals surface area contributed by atoms with E-state index in [9.17, 15) is 0 Å². The molecule has 17 heavy (non-hydrogen) atoms. The zero-order valence-electron chi connectivity index (χ0n) is 10.3. The van der Waals surface area contributed by atoms with E-state index in [2.05, 4.69) is 25.1 Å². The van der Waals surface area contributed by atoms with E-state index in [1.165, 1.54) is 10.8 Å². The molecule has 0 N–H and O–H groups in total. The monoisotopic (exact) mass is 230 g/mol. The second-order valence-corrected chi connectivity index (χ2v) is 4.19. The molecule has 0 aliphatic rings. The molecule has 0 saturated carbocycles. The van der Waals surface area contributed by atoms with E-state index < -0.39 is 0 Å². The molecule has 0 saturated heterocycles. The zero-order chi connectivity index (χ0) is 12.1. The fourth-order valence-corrected chi connectivity index (χ4v) is 1.86. The van der Waals surface area contributed by atoms with Gasteiger partial charge >= 0.3 is 0 Å². The third-order valence-corrected chi connectivity index (χ3v) is 2.81. The highest BCUT2D eigenvalue weighted by Gasteiger charge is 2.06. The van der Waals surface area contributed by atoms with Crippen LogP contribution in [-0.4, -0.2) is 19.8 Å². The fraction of sp³-hybridized carbons (Fsp3) is 0.333. The lowest BCUT2D eigenvalue weighted by Gasteiger charge is -2.15. The summed E-state index contributed by atoms with van der Waals surface area (Å²) in [7, 11) is 1.71. The Kier molecular flexibility index (Phi) is 3.99. The molecule has 90 valence electrons. The Hall–Kier alpha value is -1.54. The molecular formula is C15H18O2. The van der Waals surface area contributed by atoms with Crippen LogP contribution in [0.5, 0.6) is 5.75 Å². The van der Waals surface area contributed by atoms with Crippen LogP contribution in [0.15, 0.2) is 42.5 Å². The Labute approximate surface area is 102 Å². The van der Waals surface area contributed by atoms with Crippen LogP contribution < -0.4 is 4.74 Å². The minimum Gasteiger partial charge on any atom is -0.490 e. The Balaban J connectivity index is 2.18. The van der Waals surface area contributed by atoms with E-state index in [0.717, 1.165) is 18.8 Å². The summed E-state index contributed by atoms with van der Waals surface area (Å²) in [6, 6.07) is 14.4. The fourth-order valence-electron chi connectivity index (χ4n) is 1.86. The van der Waals surface area contributed by atoms with Gasteiger partial charge in [0.2, 0.25) is 0 Å². The van der Waals surface area contributed by atoms with Gasteiger partial charge < -0.3 is 9.47 Å². The van der Waals surface area contributed by atoms with Crippen molar-refractivity contribution >= 4 is 10.8 Å². The molecule has 0 spiro atoms. The van der Waals surface area contributed by atoms with E-state index in [0.29, 0.717) is 0 Å². The summed E-state index contributed by atoms with van der Waals surface area (Å²) in [6.07, 6.45) is 1.07. The van der Waals surface area contributed by atoms with Gasteiger partial charge in [-0.15, -0.1) is 0 Å². The van der Waals surface area contributed by atoms with Crippen molar-refractivity contribution in [3.63, 3.8) is 0 Å². The molecule has 0 heterocycles. The van der Waals surface area contributed by atoms with Crippen molar-refractivity contribution in [2.24, 2.45) is 0 Å². The van der Waals surface area contributed by atoms with Crippen molar-refractivity contribution in [3.8, 4) is 5.75 Å². The number of fused-ring (bicyclic) bond motifs is 1. The number of methoxy groups -OCH3 is 1. The number of hydrogen-bond acceptors (Lipinski definition) is 2. The average Bonchev–Trinajstić information content (AvgIpc) is 2.37. The van der Waals surface area contributed by atoms with E-state index in [4.69, 9.17) is 9.47 Å². The van der Waals surface area contributed by atoms with E-state index in [-0.39, 0.29) is 6.10 Å². The summed E-state index contributed by atoms with van der Waals surface area (Å²) in [6.45, 7) is 2.80. The minimum absolute atomic E-state index is 0.167. The van der Waals surface area contributed by atoms with Crippen molar-refractivity contribution in [1.82, 2.24) is 0 Å². The largest absolute Gasteiger partial charge is 0.490 e. The predicted octanol–water partition coefficient (Wildman–Crippen LogP) is 3.64. The van der Waals surface area contributed by atoms with Crippen LogP contribution in [0.1, 0.15) is 13.3 Å². The molecule has 2 rings (SSSR count). The molecule has 2 heteroatoms. The molecule has 0 fully saturated rings. The number of rotatable bonds is 5. The summed E-state index contributed by atoms with van der Waals surface area (Å²) < 4.78 is 11.0. The van der Waals surface area contributed by atoms with Crippen molar-refractivity contribution in [2.45, 2.75) is 19.4 Å². The first-order valence-electron chi connectivity index (χ1n) is 5.94. The first kappa shape index (κ1) is 11.9. The van der Waals surface area contributed by atoms with Gasteiger partial charge in [0.25, 0.3) is 0 Å². The standard InChI is InChI=1S/C15H18O2/c1-12(10-11-16-2)17-15-9-5-7-13-6-3-4-8-14(13)15/h3-9,12H,10-11H2,1-2H3. The topological polar surface area (TPSA) is 18.5 Å². The maximum absolute atomic E-state index is 5.95. The van der Waals surface area contributed by atoms with Gasteiger partial charge in [0.05, 0.1) is 6.10 Å². The average molecular weight is 230 g/mol. The van der Waals surface area contributed by atoms with Crippen LogP contribution in [0, 0.1) is 0 Å². The summed E-state index contributed by atoms with van der Waals surface area (Å²) in [5.41, 5.74) is 0. The number of hydrogen-bond donors (Lipinski definition) is 0. The van der Waals surface area contributed by atoms with Gasteiger partial charge in [0.1, 0.15) is 5.75 Å². The Morgan fingerprint density at radius 2 is 1.82 bits per heavy atom. The normalized spacial score (nSPS) is 12.6. The van der Waals surface area contributed by atoms with Crippen molar-refractivity contribution in [3.05, 3.63) is 42.5 Å². The highest BCUT2D eigenvalue weighted by atomic mass is 16.5. The third kappa shape index (κ3) is 2.98. The lowest BCUT2D eigenvalue weighted by Crippen LogP contribution is -2.14. The van der Waals surface area contributed by atoms with Crippen molar-refractivity contribution in [2.75, 3.05) is 13.7 Å². The van der Waals surface area contributed by atoms with Gasteiger partial charge in [-0.3, -0.25) is 0 Å². The summed E-state index contributed by atoms with van der Waals surface area (Å²) in [5, 5.41) is 2.38. The highest BCUT2D eigenvalue weighted by molar-refractivity contribution is 5.88. The molecule has 0 aliphatic heterocycles. The van der Waals surface area contributed by atoms with E-state index >= 15 is 0 Å². The van der Waals surface area contributed by atoms with Gasteiger partial charge in [-0.2, -0.15) is 0 Å². The smallest absolute Gasteiger partial charge is 0.127 e. The summed E-state index contributed by atoms with van der Waals surface area (Å²) >= 11 is 0. The van der Waals surface area contributed by atoms with Gasteiger partial charge in [-0.1, -0.05) is 36.4 Å². The SMILES string of the molecule is COCCC(C)Oc1cccc2ccccc12. The van der Waals surface area contributed by atoms with Crippen LogP contribution in [0.3, 0.4) is 0 Å². The Bertz CT molecular complexity index is 474. The molecule has 0 amide bonds. The van der Waals surface area contributed by atoms with Gasteiger partial charge in [-0.05, 0) is 18.4 Å². The minimum atomic E-state index is 0.167. The quantitative estimate of drug-likeness (QED) is 0.780.